The quantitative estimate of drug-likeness (QED) is 0.666. The van der Waals surface area contributed by atoms with Gasteiger partial charge in [-0.15, -0.1) is 0 Å². The molecule has 4 rings (SSSR count). The van der Waals surface area contributed by atoms with Gasteiger partial charge in [0.2, 0.25) is 5.91 Å². The van der Waals surface area contributed by atoms with Gasteiger partial charge in [-0.05, 0) is 62.9 Å². The van der Waals surface area contributed by atoms with E-state index in [1.807, 2.05) is 39.9 Å². The number of methoxy groups -OCH3 is 2. The average Bonchev–Trinajstić information content (AvgIpc) is 3.19. The number of fused-ring (bicyclic) bond motifs is 2. The second kappa shape index (κ2) is 9.84. The van der Waals surface area contributed by atoms with Gasteiger partial charge in [-0.3, -0.25) is 4.79 Å². The van der Waals surface area contributed by atoms with E-state index in [4.69, 9.17) is 9.47 Å². The third-order valence-corrected chi connectivity index (χ3v) is 6.90. The molecule has 2 aliphatic rings. The normalized spacial score (nSPS) is 22.1. The molecule has 3 heterocycles. The summed E-state index contributed by atoms with van der Waals surface area (Å²) in [6.45, 7) is 4.87. The lowest BCUT2D eigenvalue weighted by Crippen LogP contribution is -2.52. The summed E-state index contributed by atoms with van der Waals surface area (Å²) in [5.74, 6) is 1.58. The first-order valence-corrected chi connectivity index (χ1v) is 11.3. The van der Waals surface area contributed by atoms with Crippen LogP contribution in [0.15, 0.2) is 30.5 Å². The van der Waals surface area contributed by atoms with Crippen molar-refractivity contribution in [3.8, 4) is 5.75 Å². The molecule has 0 bridgehead atoms. The average molecular weight is 414 g/mol. The van der Waals surface area contributed by atoms with Gasteiger partial charge in [0.1, 0.15) is 12.3 Å². The molecule has 1 aromatic heterocycles. The number of benzene rings is 1. The molecule has 0 saturated carbocycles. The van der Waals surface area contributed by atoms with E-state index in [2.05, 4.69) is 4.90 Å². The molecular weight excluding hydrogens is 378 g/mol. The monoisotopic (exact) mass is 413 g/mol. The predicted molar refractivity (Wildman–Crippen MR) is 119 cm³/mol. The van der Waals surface area contributed by atoms with Crippen molar-refractivity contribution in [3.05, 3.63) is 30.5 Å². The molecule has 2 aromatic rings. The number of aromatic nitrogens is 1. The van der Waals surface area contributed by atoms with Gasteiger partial charge in [0.15, 0.2) is 0 Å². The number of carbonyl (C=O) groups is 1. The number of rotatable bonds is 8. The zero-order valence-corrected chi connectivity index (χ0v) is 18.4. The topological polar surface area (TPSA) is 46.9 Å². The summed E-state index contributed by atoms with van der Waals surface area (Å²) < 4.78 is 12.8. The minimum Gasteiger partial charge on any atom is -0.496 e. The van der Waals surface area contributed by atoms with E-state index in [0.29, 0.717) is 31.7 Å². The molecule has 1 aromatic carbocycles. The van der Waals surface area contributed by atoms with Crippen LogP contribution >= 0.6 is 0 Å². The molecule has 30 heavy (non-hydrogen) atoms. The van der Waals surface area contributed by atoms with Crippen molar-refractivity contribution in [1.29, 1.82) is 0 Å². The molecule has 6 heteroatoms. The molecule has 2 aliphatic heterocycles. The fourth-order valence-electron chi connectivity index (χ4n) is 5.35. The number of amides is 1. The second-order valence-electron chi connectivity index (χ2n) is 8.67. The fourth-order valence-corrected chi connectivity index (χ4v) is 5.35. The standard InChI is InChI=1S/C24H35N3O3/c1-29-16-15-27(17-19-7-6-13-25-12-4-3-8-21(19)25)24(28)18-26-14-11-20-22(26)9-5-10-23(20)30-2/h5,9-11,14,19,21H,3-4,6-8,12-13,15-18H2,1-2H3. The fraction of sp³-hybridized carbons (Fsp3) is 0.625. The number of ether oxygens (including phenoxy) is 2. The van der Waals surface area contributed by atoms with Gasteiger partial charge in [0.05, 0.1) is 19.2 Å². The second-order valence-corrected chi connectivity index (χ2v) is 8.67. The van der Waals surface area contributed by atoms with Crippen molar-refractivity contribution in [2.24, 2.45) is 5.92 Å². The van der Waals surface area contributed by atoms with E-state index in [-0.39, 0.29) is 5.91 Å². The highest BCUT2D eigenvalue weighted by molar-refractivity contribution is 5.88. The van der Waals surface area contributed by atoms with Crippen molar-refractivity contribution in [3.63, 3.8) is 0 Å². The number of piperidine rings is 2. The molecule has 164 valence electrons. The maximum atomic E-state index is 13.4. The van der Waals surface area contributed by atoms with Crippen LogP contribution in [0.1, 0.15) is 32.1 Å². The molecule has 2 atom stereocenters. The van der Waals surface area contributed by atoms with Gasteiger partial charge < -0.3 is 23.8 Å². The van der Waals surface area contributed by atoms with Crippen LogP contribution in [-0.2, 0) is 16.1 Å². The lowest BCUT2D eigenvalue weighted by molar-refractivity contribution is -0.133. The van der Waals surface area contributed by atoms with Crippen LogP contribution < -0.4 is 4.74 Å². The molecule has 0 aliphatic carbocycles. The molecule has 0 N–H and O–H groups in total. The zero-order chi connectivity index (χ0) is 20.9. The lowest BCUT2D eigenvalue weighted by atomic mass is 9.83. The van der Waals surface area contributed by atoms with Crippen molar-refractivity contribution in [2.75, 3.05) is 47.0 Å². The van der Waals surface area contributed by atoms with Gasteiger partial charge in [0.25, 0.3) is 0 Å². The Morgan fingerprint density at radius 2 is 2.00 bits per heavy atom. The molecule has 1 amide bonds. The van der Waals surface area contributed by atoms with Crippen LogP contribution in [0.4, 0.5) is 0 Å². The van der Waals surface area contributed by atoms with Gasteiger partial charge in [-0.25, -0.2) is 0 Å². The Morgan fingerprint density at radius 3 is 2.83 bits per heavy atom. The Morgan fingerprint density at radius 1 is 1.13 bits per heavy atom. The molecule has 0 radical (unpaired) electrons. The van der Waals surface area contributed by atoms with E-state index in [1.54, 1.807) is 14.2 Å². The van der Waals surface area contributed by atoms with E-state index < -0.39 is 0 Å². The van der Waals surface area contributed by atoms with E-state index in [0.717, 1.165) is 23.2 Å². The van der Waals surface area contributed by atoms with E-state index in [9.17, 15) is 4.79 Å². The summed E-state index contributed by atoms with van der Waals surface area (Å²) in [5.41, 5.74) is 1.03. The third kappa shape index (κ3) is 4.49. The highest BCUT2D eigenvalue weighted by atomic mass is 16.5. The number of hydrogen-bond donors (Lipinski definition) is 0. The summed E-state index contributed by atoms with van der Waals surface area (Å²) in [6, 6.07) is 8.65. The maximum absolute atomic E-state index is 13.4. The SMILES string of the molecule is COCCN(CC1CCCN2CCCCC12)C(=O)Cn1ccc2c(OC)cccc21. The highest BCUT2D eigenvalue weighted by Gasteiger charge is 2.34. The van der Waals surface area contributed by atoms with Gasteiger partial charge in [-0.1, -0.05) is 12.5 Å². The number of carbonyl (C=O) groups excluding carboxylic acids is 1. The van der Waals surface area contributed by atoms with Crippen LogP contribution in [0, 0.1) is 5.92 Å². The summed E-state index contributed by atoms with van der Waals surface area (Å²) in [7, 11) is 3.39. The Kier molecular flexibility index (Phi) is 6.95. The molecular formula is C24H35N3O3. The van der Waals surface area contributed by atoms with Gasteiger partial charge >= 0.3 is 0 Å². The first-order chi connectivity index (χ1) is 14.7. The maximum Gasteiger partial charge on any atom is 0.242 e. The largest absolute Gasteiger partial charge is 0.496 e. The molecule has 2 saturated heterocycles. The Bertz CT molecular complexity index is 847. The van der Waals surface area contributed by atoms with Crippen LogP contribution in [0.5, 0.6) is 5.75 Å². The molecule has 6 nitrogen and oxygen atoms in total. The van der Waals surface area contributed by atoms with Crippen molar-refractivity contribution >= 4 is 16.8 Å². The summed E-state index contributed by atoms with van der Waals surface area (Å²) in [4.78, 5) is 18.1. The molecule has 2 fully saturated rings. The third-order valence-electron chi connectivity index (χ3n) is 6.90. The zero-order valence-electron chi connectivity index (χ0n) is 18.4. The van der Waals surface area contributed by atoms with Crippen molar-refractivity contribution in [2.45, 2.75) is 44.7 Å². The summed E-state index contributed by atoms with van der Waals surface area (Å²) in [5, 5.41) is 1.04. The van der Waals surface area contributed by atoms with Gasteiger partial charge in [-0.2, -0.15) is 0 Å². The summed E-state index contributed by atoms with van der Waals surface area (Å²) >= 11 is 0. The Labute approximate surface area is 179 Å². The minimum absolute atomic E-state index is 0.167. The first kappa shape index (κ1) is 21.2. The summed E-state index contributed by atoms with van der Waals surface area (Å²) in [6.07, 6.45) is 8.37. The van der Waals surface area contributed by atoms with Gasteiger partial charge in [0, 0.05) is 37.8 Å². The van der Waals surface area contributed by atoms with Crippen LogP contribution in [-0.4, -0.2) is 73.3 Å². The van der Waals surface area contributed by atoms with Crippen molar-refractivity contribution < 1.29 is 14.3 Å². The molecule has 2 unspecified atom stereocenters. The van der Waals surface area contributed by atoms with E-state index in [1.165, 1.54) is 45.2 Å². The van der Waals surface area contributed by atoms with Crippen molar-refractivity contribution in [1.82, 2.24) is 14.4 Å². The lowest BCUT2D eigenvalue weighted by Gasteiger charge is -2.45. The Hall–Kier alpha value is -2.05. The number of hydrogen-bond acceptors (Lipinski definition) is 4. The first-order valence-electron chi connectivity index (χ1n) is 11.3. The Balaban J connectivity index is 1.48. The number of nitrogens with zero attached hydrogens (tertiary/aromatic N) is 3. The van der Waals surface area contributed by atoms with Crippen LogP contribution in [0.3, 0.4) is 0 Å². The predicted octanol–water partition coefficient (Wildman–Crippen LogP) is 3.39. The smallest absolute Gasteiger partial charge is 0.242 e. The highest BCUT2D eigenvalue weighted by Crippen LogP contribution is 2.32. The molecule has 0 spiro atoms. The van der Waals surface area contributed by atoms with E-state index >= 15 is 0 Å². The van der Waals surface area contributed by atoms with Crippen LogP contribution in [0.25, 0.3) is 10.9 Å². The minimum atomic E-state index is 0.167. The van der Waals surface area contributed by atoms with Crippen LogP contribution in [0.2, 0.25) is 0 Å².